The second kappa shape index (κ2) is 5.99. The van der Waals surface area contributed by atoms with Crippen molar-refractivity contribution in [1.29, 1.82) is 0 Å². The van der Waals surface area contributed by atoms with Gasteiger partial charge in [0.2, 0.25) is 5.91 Å². The van der Waals surface area contributed by atoms with Crippen molar-refractivity contribution in [3.63, 3.8) is 0 Å². The van der Waals surface area contributed by atoms with E-state index in [4.69, 9.17) is 0 Å². The van der Waals surface area contributed by atoms with Gasteiger partial charge in [-0.05, 0) is 6.07 Å². The Morgan fingerprint density at radius 1 is 1.36 bits per heavy atom. The van der Waals surface area contributed by atoms with E-state index in [-0.39, 0.29) is 28.7 Å². The van der Waals surface area contributed by atoms with Gasteiger partial charge in [-0.2, -0.15) is 10.1 Å². The lowest BCUT2D eigenvalue weighted by atomic mass is 10.2. The molecule has 2 unspecified atom stereocenters. The molecule has 2 aromatic rings. The van der Waals surface area contributed by atoms with Gasteiger partial charge in [-0.3, -0.25) is 4.79 Å². The summed E-state index contributed by atoms with van der Waals surface area (Å²) in [6.07, 6.45) is 3.53. The third kappa shape index (κ3) is 3.09. The number of H-pyrrole nitrogens is 1. The fraction of sp³-hybridized carbons (Fsp3) is 0.312. The lowest BCUT2D eigenvalue weighted by Crippen LogP contribution is -2.33. The summed E-state index contributed by atoms with van der Waals surface area (Å²) in [4.78, 5) is 18.6. The van der Waals surface area contributed by atoms with Crippen LogP contribution in [0, 0.1) is 0 Å². The molecule has 25 heavy (non-hydrogen) atoms. The monoisotopic (exact) mass is 376 g/mol. The first-order valence-corrected chi connectivity index (χ1v) is 10.5. The Kier molecular flexibility index (Phi) is 3.92. The number of para-hydroxylation sites is 1. The molecular weight excluding hydrogens is 360 g/mol. The van der Waals surface area contributed by atoms with Crippen LogP contribution in [-0.2, 0) is 14.6 Å². The van der Waals surface area contributed by atoms with Gasteiger partial charge < -0.3 is 4.98 Å². The summed E-state index contributed by atoms with van der Waals surface area (Å²) in [5.74, 6) is -0.192. The molecule has 2 saturated heterocycles. The Bertz CT molecular complexity index is 1010. The predicted molar refractivity (Wildman–Crippen MR) is 99.7 cm³/mol. The highest BCUT2D eigenvalue weighted by atomic mass is 32.2. The number of aromatic nitrogens is 1. The zero-order chi connectivity index (χ0) is 17.6. The smallest absolute Gasteiger partial charge is 0.245 e. The maximum atomic E-state index is 11.9. The number of hydrogen-bond acceptors (Lipinski definition) is 5. The lowest BCUT2D eigenvalue weighted by Gasteiger charge is -2.17. The number of amides is 1. The molecule has 2 fully saturated rings. The van der Waals surface area contributed by atoms with Crippen molar-refractivity contribution in [3.05, 3.63) is 36.0 Å². The van der Waals surface area contributed by atoms with Crippen LogP contribution in [0.1, 0.15) is 12.5 Å². The van der Waals surface area contributed by atoms with Gasteiger partial charge in [0.1, 0.15) is 0 Å². The van der Waals surface area contributed by atoms with Crippen LogP contribution in [0.25, 0.3) is 10.9 Å². The van der Waals surface area contributed by atoms with Crippen molar-refractivity contribution >= 4 is 49.8 Å². The van der Waals surface area contributed by atoms with Crippen LogP contribution in [0.2, 0.25) is 0 Å². The number of amidine groups is 1. The zero-order valence-corrected chi connectivity index (χ0v) is 15.0. The zero-order valence-electron chi connectivity index (χ0n) is 13.4. The Hall–Kier alpha value is -2.13. The van der Waals surface area contributed by atoms with Gasteiger partial charge in [0, 0.05) is 29.6 Å². The maximum Gasteiger partial charge on any atom is 0.245 e. The topological polar surface area (TPSA) is 95.0 Å². The standard InChI is InChI=1S/C16H16N4O3S2/c1-10(21)19-16-20(14-8-25(22,23)9-15(14)24-16)18-7-11-6-17-13-5-3-2-4-12(11)13/h2-7,14-15,17H,8-9H2,1H3. The van der Waals surface area contributed by atoms with Crippen LogP contribution in [0.3, 0.4) is 0 Å². The van der Waals surface area contributed by atoms with Crippen molar-refractivity contribution < 1.29 is 13.2 Å². The Morgan fingerprint density at radius 2 is 2.16 bits per heavy atom. The van der Waals surface area contributed by atoms with Gasteiger partial charge in [-0.1, -0.05) is 30.0 Å². The number of nitrogens with zero attached hydrogens (tertiary/aromatic N) is 3. The maximum absolute atomic E-state index is 11.9. The van der Waals surface area contributed by atoms with Crippen molar-refractivity contribution in [2.75, 3.05) is 11.5 Å². The van der Waals surface area contributed by atoms with Gasteiger partial charge in [0.05, 0.1) is 29.0 Å². The summed E-state index contributed by atoms with van der Waals surface area (Å²) in [5, 5.41) is 7.42. The molecule has 1 aromatic carbocycles. The van der Waals surface area contributed by atoms with Gasteiger partial charge in [0.25, 0.3) is 0 Å². The second-order valence-corrected chi connectivity index (χ2v) is 9.45. The number of hydrazone groups is 1. The molecule has 9 heteroatoms. The molecule has 0 radical (unpaired) electrons. The number of aliphatic imine (C=N–C) groups is 1. The Morgan fingerprint density at radius 3 is 2.96 bits per heavy atom. The number of nitrogens with one attached hydrogen (secondary N) is 1. The molecule has 2 atom stereocenters. The Labute approximate surface area is 149 Å². The van der Waals surface area contributed by atoms with Crippen molar-refractivity contribution in [2.45, 2.75) is 18.2 Å². The van der Waals surface area contributed by atoms with Crippen LogP contribution >= 0.6 is 11.8 Å². The first-order valence-electron chi connectivity index (χ1n) is 7.79. The van der Waals surface area contributed by atoms with Crippen LogP contribution in [-0.4, -0.2) is 58.5 Å². The minimum Gasteiger partial charge on any atom is -0.361 e. The highest BCUT2D eigenvalue weighted by molar-refractivity contribution is 8.15. The van der Waals surface area contributed by atoms with E-state index in [1.165, 1.54) is 18.7 Å². The number of fused-ring (bicyclic) bond motifs is 2. The minimum atomic E-state index is -3.08. The van der Waals surface area contributed by atoms with Crippen LogP contribution in [0.4, 0.5) is 0 Å². The van der Waals surface area contributed by atoms with Crippen molar-refractivity contribution in [2.24, 2.45) is 10.1 Å². The number of carbonyl (C=O) groups is 1. The molecule has 1 aromatic heterocycles. The Balaban J connectivity index is 1.69. The molecule has 0 bridgehead atoms. The normalized spacial score (nSPS) is 26.8. The fourth-order valence-electron chi connectivity index (χ4n) is 3.14. The molecule has 2 aliphatic rings. The molecule has 1 N–H and O–H groups in total. The average Bonchev–Trinajstić information content (AvgIpc) is 3.16. The van der Waals surface area contributed by atoms with E-state index in [1.807, 2.05) is 30.5 Å². The lowest BCUT2D eigenvalue weighted by molar-refractivity contribution is -0.115. The van der Waals surface area contributed by atoms with E-state index in [0.29, 0.717) is 5.17 Å². The van der Waals surface area contributed by atoms with E-state index < -0.39 is 9.84 Å². The number of benzene rings is 1. The van der Waals surface area contributed by atoms with Gasteiger partial charge >= 0.3 is 0 Å². The van der Waals surface area contributed by atoms with Gasteiger partial charge in [0.15, 0.2) is 15.0 Å². The molecule has 4 rings (SSSR count). The largest absolute Gasteiger partial charge is 0.361 e. The second-order valence-electron chi connectivity index (χ2n) is 6.09. The van der Waals surface area contributed by atoms with E-state index in [0.717, 1.165) is 16.5 Å². The third-order valence-electron chi connectivity index (χ3n) is 4.23. The SMILES string of the molecule is CC(=O)N=C1SC2CS(=O)(=O)CC2N1N=Cc1c[nH]c2ccccc12. The van der Waals surface area contributed by atoms with Crippen LogP contribution < -0.4 is 0 Å². The summed E-state index contributed by atoms with van der Waals surface area (Å²) in [6, 6.07) is 7.57. The predicted octanol–water partition coefficient (Wildman–Crippen LogP) is 1.62. The molecule has 0 saturated carbocycles. The number of rotatable bonds is 2. The number of aromatic amines is 1. The highest BCUT2D eigenvalue weighted by Gasteiger charge is 2.49. The molecule has 1 amide bonds. The molecule has 0 spiro atoms. The van der Waals surface area contributed by atoms with E-state index in [2.05, 4.69) is 15.1 Å². The number of carbonyl (C=O) groups excluding carboxylic acids is 1. The van der Waals surface area contributed by atoms with Crippen LogP contribution in [0.5, 0.6) is 0 Å². The van der Waals surface area contributed by atoms with Gasteiger partial charge in [-0.15, -0.1) is 0 Å². The number of thioether (sulfide) groups is 1. The van der Waals surface area contributed by atoms with Crippen molar-refractivity contribution in [3.8, 4) is 0 Å². The molecule has 0 aliphatic carbocycles. The quantitative estimate of drug-likeness (QED) is 0.804. The first kappa shape index (κ1) is 16.3. The minimum absolute atomic E-state index is 0.0345. The molecular formula is C16H16N4O3S2. The van der Waals surface area contributed by atoms with E-state index in [1.54, 1.807) is 11.2 Å². The first-order chi connectivity index (χ1) is 11.9. The summed E-state index contributed by atoms with van der Waals surface area (Å²) in [7, 11) is -3.08. The highest BCUT2D eigenvalue weighted by Crippen LogP contribution is 2.38. The van der Waals surface area contributed by atoms with E-state index >= 15 is 0 Å². The summed E-state index contributed by atoms with van der Waals surface area (Å²) >= 11 is 1.32. The van der Waals surface area contributed by atoms with Crippen LogP contribution in [0.15, 0.2) is 40.6 Å². The summed E-state index contributed by atoms with van der Waals surface area (Å²) in [6.45, 7) is 1.37. The molecule has 130 valence electrons. The van der Waals surface area contributed by atoms with Gasteiger partial charge in [-0.25, -0.2) is 13.4 Å². The fourth-order valence-corrected chi connectivity index (χ4v) is 7.02. The van der Waals surface area contributed by atoms with E-state index in [9.17, 15) is 13.2 Å². The number of hydrogen-bond donors (Lipinski definition) is 1. The number of sulfone groups is 1. The summed E-state index contributed by atoms with van der Waals surface area (Å²) in [5.41, 5.74) is 1.89. The molecule has 3 heterocycles. The third-order valence-corrected chi connectivity index (χ3v) is 7.43. The summed E-state index contributed by atoms with van der Waals surface area (Å²) < 4.78 is 23.8. The van der Waals surface area contributed by atoms with Crippen molar-refractivity contribution in [1.82, 2.24) is 9.99 Å². The average molecular weight is 376 g/mol. The molecule has 2 aliphatic heterocycles. The molecule has 7 nitrogen and oxygen atoms in total.